The molecule has 0 heterocycles. The summed E-state index contributed by atoms with van der Waals surface area (Å²) in [5.74, 6) is -6.09. The fourth-order valence-electron chi connectivity index (χ4n) is 2.40. The van der Waals surface area contributed by atoms with E-state index in [9.17, 15) is 17.6 Å². The van der Waals surface area contributed by atoms with E-state index in [0.29, 0.717) is 0 Å². The zero-order valence-electron chi connectivity index (χ0n) is 11.6. The highest BCUT2D eigenvalue weighted by Crippen LogP contribution is 2.54. The molecule has 0 aromatic carbocycles. The molecule has 6 heteroatoms. The molecule has 0 aromatic heterocycles. The first-order chi connectivity index (χ1) is 8.80. The second kappa shape index (κ2) is 6.05. The number of hydrogen-bond acceptors (Lipinski definition) is 2. The molecule has 1 aliphatic carbocycles. The summed E-state index contributed by atoms with van der Waals surface area (Å²) in [4.78, 5) is 0. The molecule has 2 N–H and O–H groups in total. The van der Waals surface area contributed by atoms with E-state index >= 15 is 0 Å². The predicted molar refractivity (Wildman–Crippen MR) is 67.2 cm³/mol. The lowest BCUT2D eigenvalue weighted by Gasteiger charge is -2.32. The summed E-state index contributed by atoms with van der Waals surface area (Å²) in [7, 11) is 3.26. The van der Waals surface area contributed by atoms with Crippen molar-refractivity contribution in [1.29, 1.82) is 0 Å². The van der Waals surface area contributed by atoms with Crippen LogP contribution < -0.4 is 10.6 Å². The molecule has 0 spiro atoms. The molecule has 0 saturated heterocycles. The Labute approximate surface area is 110 Å². The van der Waals surface area contributed by atoms with E-state index in [-0.39, 0.29) is 24.9 Å². The molecule has 0 radical (unpaired) electrons. The number of halogens is 4. The molecule has 1 aliphatic rings. The first-order valence-corrected chi connectivity index (χ1v) is 6.26. The Balaban J connectivity index is 3.20. The van der Waals surface area contributed by atoms with Gasteiger partial charge in [-0.25, -0.2) is 17.6 Å². The minimum Gasteiger partial charge on any atom is -0.317 e. The number of rotatable bonds is 6. The Morgan fingerprint density at radius 2 is 1.16 bits per heavy atom. The topological polar surface area (TPSA) is 24.1 Å². The van der Waals surface area contributed by atoms with Crippen LogP contribution in [0.2, 0.25) is 0 Å². The van der Waals surface area contributed by atoms with Crippen LogP contribution in [0.25, 0.3) is 0 Å². The van der Waals surface area contributed by atoms with Crippen LogP contribution in [-0.4, -0.2) is 26.2 Å². The summed E-state index contributed by atoms with van der Waals surface area (Å²) in [5.41, 5.74) is -1.85. The average Bonchev–Trinajstić information content (AvgIpc) is 2.55. The normalized spacial score (nSPS) is 22.1. The van der Waals surface area contributed by atoms with Crippen molar-refractivity contribution in [2.75, 3.05) is 14.1 Å². The lowest BCUT2D eigenvalue weighted by molar-refractivity contribution is 0.209. The zero-order valence-corrected chi connectivity index (χ0v) is 11.6. The van der Waals surface area contributed by atoms with Crippen molar-refractivity contribution in [3.05, 3.63) is 23.3 Å². The fourth-order valence-corrected chi connectivity index (χ4v) is 2.40. The smallest absolute Gasteiger partial charge is 0.193 e. The Morgan fingerprint density at radius 1 is 0.842 bits per heavy atom. The minimum atomic E-state index is -1.85. The fraction of sp³-hybridized carbons (Fsp3) is 0.692. The van der Waals surface area contributed by atoms with Crippen molar-refractivity contribution in [1.82, 2.24) is 10.6 Å². The van der Waals surface area contributed by atoms with Gasteiger partial charge in [0.25, 0.3) is 0 Å². The van der Waals surface area contributed by atoms with Gasteiger partial charge in [-0.15, -0.1) is 0 Å². The molecule has 1 rings (SSSR count). The van der Waals surface area contributed by atoms with Gasteiger partial charge in [-0.2, -0.15) is 0 Å². The van der Waals surface area contributed by atoms with Crippen molar-refractivity contribution in [3.63, 3.8) is 0 Å². The Morgan fingerprint density at radius 3 is 1.42 bits per heavy atom. The van der Waals surface area contributed by atoms with Gasteiger partial charge < -0.3 is 10.6 Å². The van der Waals surface area contributed by atoms with E-state index in [4.69, 9.17) is 0 Å². The molecule has 0 amide bonds. The maximum absolute atomic E-state index is 14.1. The second-order valence-corrected chi connectivity index (χ2v) is 5.13. The van der Waals surface area contributed by atoms with Crippen molar-refractivity contribution < 1.29 is 17.6 Å². The van der Waals surface area contributed by atoms with Crippen molar-refractivity contribution in [2.45, 2.75) is 38.8 Å². The SMILES string of the molecule is CNC(C)CC1(CC(C)NC)C(F)=C(F)C(F)=C1F. The van der Waals surface area contributed by atoms with Crippen molar-refractivity contribution >= 4 is 0 Å². The lowest BCUT2D eigenvalue weighted by atomic mass is 9.76. The van der Waals surface area contributed by atoms with Crippen LogP contribution in [0.1, 0.15) is 26.7 Å². The Kier molecular flexibility index (Phi) is 5.15. The summed E-state index contributed by atoms with van der Waals surface area (Å²) in [6.07, 6.45) is -0.0952. The van der Waals surface area contributed by atoms with E-state index in [1.165, 1.54) is 0 Å². The maximum atomic E-state index is 14.1. The van der Waals surface area contributed by atoms with Gasteiger partial charge in [0.15, 0.2) is 23.3 Å². The highest BCUT2D eigenvalue weighted by Gasteiger charge is 2.51. The van der Waals surface area contributed by atoms with Gasteiger partial charge in [0.1, 0.15) is 0 Å². The predicted octanol–water partition coefficient (Wildman–Crippen LogP) is 3.28. The lowest BCUT2D eigenvalue weighted by Crippen LogP contribution is -2.37. The van der Waals surface area contributed by atoms with Gasteiger partial charge in [-0.05, 0) is 40.8 Å². The summed E-state index contributed by atoms with van der Waals surface area (Å²) in [6, 6.07) is -0.557. The number of hydrogen-bond donors (Lipinski definition) is 2. The molecule has 0 bridgehead atoms. The third-order valence-electron chi connectivity index (χ3n) is 3.71. The summed E-state index contributed by atoms with van der Waals surface area (Å²) >= 11 is 0. The highest BCUT2D eigenvalue weighted by atomic mass is 19.2. The van der Waals surface area contributed by atoms with E-state index in [1.54, 1.807) is 27.9 Å². The third-order valence-corrected chi connectivity index (χ3v) is 3.71. The summed E-state index contributed by atoms with van der Waals surface area (Å²) < 4.78 is 54.8. The second-order valence-electron chi connectivity index (χ2n) is 5.13. The van der Waals surface area contributed by atoms with E-state index in [0.717, 1.165) is 0 Å². The molecule has 2 nitrogen and oxygen atoms in total. The van der Waals surface area contributed by atoms with Crippen LogP contribution in [0.5, 0.6) is 0 Å². The monoisotopic (exact) mass is 280 g/mol. The first-order valence-electron chi connectivity index (χ1n) is 6.26. The molecular weight excluding hydrogens is 260 g/mol. The number of allylic oxidation sites excluding steroid dienone is 4. The van der Waals surface area contributed by atoms with Gasteiger partial charge in [-0.1, -0.05) is 0 Å². The van der Waals surface area contributed by atoms with Gasteiger partial charge in [0.05, 0.1) is 5.41 Å². The van der Waals surface area contributed by atoms with Gasteiger partial charge in [0.2, 0.25) is 0 Å². The molecule has 2 unspecified atom stereocenters. The van der Waals surface area contributed by atoms with Gasteiger partial charge >= 0.3 is 0 Å². The zero-order chi connectivity index (χ0) is 14.8. The minimum absolute atomic E-state index is 0.0476. The Hall–Kier alpha value is -0.880. The van der Waals surface area contributed by atoms with Gasteiger partial charge in [-0.3, -0.25) is 0 Å². The molecule has 0 fully saturated rings. The van der Waals surface area contributed by atoms with E-state index in [2.05, 4.69) is 10.6 Å². The summed E-state index contributed by atoms with van der Waals surface area (Å²) in [6.45, 7) is 3.42. The Bertz CT molecular complexity index is 365. The quantitative estimate of drug-likeness (QED) is 0.730. The number of nitrogens with one attached hydrogen (secondary N) is 2. The highest BCUT2D eigenvalue weighted by molar-refractivity contribution is 5.42. The largest absolute Gasteiger partial charge is 0.317 e. The molecule has 110 valence electrons. The molecule has 0 aromatic rings. The third kappa shape index (κ3) is 2.84. The van der Waals surface area contributed by atoms with Crippen LogP contribution in [0.3, 0.4) is 0 Å². The summed E-state index contributed by atoms with van der Waals surface area (Å²) in [5, 5.41) is 5.67. The van der Waals surface area contributed by atoms with Crippen LogP contribution in [-0.2, 0) is 0 Å². The van der Waals surface area contributed by atoms with Crippen LogP contribution in [0.15, 0.2) is 23.3 Å². The van der Waals surface area contributed by atoms with Crippen molar-refractivity contribution in [3.8, 4) is 0 Å². The van der Waals surface area contributed by atoms with E-state index in [1.807, 2.05) is 0 Å². The molecular formula is C13H20F4N2. The van der Waals surface area contributed by atoms with Crippen LogP contribution in [0, 0.1) is 5.41 Å². The van der Waals surface area contributed by atoms with Crippen LogP contribution in [0.4, 0.5) is 17.6 Å². The molecule has 19 heavy (non-hydrogen) atoms. The van der Waals surface area contributed by atoms with Gasteiger partial charge in [0, 0.05) is 12.1 Å². The van der Waals surface area contributed by atoms with E-state index < -0.39 is 28.7 Å². The molecule has 0 saturated carbocycles. The average molecular weight is 280 g/mol. The standard InChI is InChI=1S/C13H20F4N2/c1-7(18-3)5-13(6-8(2)19-4)11(16)9(14)10(15)12(13)17/h7-8,18-19H,5-6H2,1-4H3. The maximum Gasteiger partial charge on any atom is 0.193 e. The van der Waals surface area contributed by atoms with Crippen LogP contribution >= 0.6 is 0 Å². The van der Waals surface area contributed by atoms with Crippen molar-refractivity contribution in [2.24, 2.45) is 5.41 Å². The molecule has 2 atom stereocenters. The molecule has 0 aliphatic heterocycles. The first kappa shape index (κ1) is 16.2.